The van der Waals surface area contributed by atoms with Crippen LogP contribution in [0.4, 0.5) is 0 Å². The quantitative estimate of drug-likeness (QED) is 0.458. The van der Waals surface area contributed by atoms with Crippen molar-refractivity contribution >= 4 is 0 Å². The molecule has 1 N–H and O–H groups in total. The Bertz CT molecular complexity index is 190. The summed E-state index contributed by atoms with van der Waals surface area (Å²) in [6.45, 7) is 6.94. The lowest BCUT2D eigenvalue weighted by Crippen LogP contribution is -2.25. The van der Waals surface area contributed by atoms with E-state index in [1.807, 2.05) is 0 Å². The van der Waals surface area contributed by atoms with Crippen molar-refractivity contribution in [2.45, 2.75) is 90.9 Å². The highest BCUT2D eigenvalue weighted by molar-refractivity contribution is 4.78. The van der Waals surface area contributed by atoms with E-state index in [0.717, 1.165) is 18.4 Å². The molecule has 0 amide bonds. The molecule has 19 heavy (non-hydrogen) atoms. The molecule has 2 unspecified atom stereocenters. The van der Waals surface area contributed by atoms with Crippen LogP contribution in [0.3, 0.4) is 0 Å². The highest BCUT2D eigenvalue weighted by atomic mass is 14.8. The Morgan fingerprint density at radius 3 is 2.11 bits per heavy atom. The summed E-state index contributed by atoms with van der Waals surface area (Å²) in [7, 11) is 0. The molecule has 0 spiro atoms. The lowest BCUT2D eigenvalue weighted by Gasteiger charge is -2.19. The Balaban J connectivity index is 1.93. The van der Waals surface area contributed by atoms with Gasteiger partial charge in [0.05, 0.1) is 0 Å². The standard InChI is InChI=1S/C18H37N/c1-3-5-6-7-8-9-10-11-13-17-14-12-15-18(17)16-19-4-2/h17-19H,3-16H2,1-2H3. The smallest absolute Gasteiger partial charge is 0.00180 e. The molecule has 0 aromatic carbocycles. The van der Waals surface area contributed by atoms with Crippen molar-refractivity contribution in [2.75, 3.05) is 13.1 Å². The zero-order valence-corrected chi connectivity index (χ0v) is 13.6. The molecular formula is C18H37N. The molecule has 0 radical (unpaired) electrons. The first-order valence-electron chi connectivity index (χ1n) is 9.09. The molecule has 114 valence electrons. The Hall–Kier alpha value is -0.0400. The van der Waals surface area contributed by atoms with Gasteiger partial charge in [-0.15, -0.1) is 0 Å². The molecule has 1 heteroatoms. The molecule has 2 atom stereocenters. The Kier molecular flexibility index (Phi) is 10.5. The number of nitrogens with one attached hydrogen (secondary N) is 1. The van der Waals surface area contributed by atoms with Gasteiger partial charge in [0.2, 0.25) is 0 Å². The number of rotatable bonds is 12. The highest BCUT2D eigenvalue weighted by Crippen LogP contribution is 2.35. The third-order valence-electron chi connectivity index (χ3n) is 4.90. The van der Waals surface area contributed by atoms with Crippen molar-refractivity contribution in [2.24, 2.45) is 11.8 Å². The molecule has 1 fully saturated rings. The Labute approximate surface area is 121 Å². The molecule has 1 saturated carbocycles. The maximum atomic E-state index is 3.55. The first-order chi connectivity index (χ1) is 9.38. The number of hydrogen-bond donors (Lipinski definition) is 1. The lowest BCUT2D eigenvalue weighted by molar-refractivity contribution is 0.338. The maximum absolute atomic E-state index is 3.55. The minimum Gasteiger partial charge on any atom is -0.317 e. The monoisotopic (exact) mass is 267 g/mol. The van der Waals surface area contributed by atoms with Gasteiger partial charge >= 0.3 is 0 Å². The van der Waals surface area contributed by atoms with E-state index in [9.17, 15) is 0 Å². The van der Waals surface area contributed by atoms with Crippen LogP contribution in [0.1, 0.15) is 90.9 Å². The molecule has 1 aliphatic carbocycles. The van der Waals surface area contributed by atoms with Gasteiger partial charge in [0.15, 0.2) is 0 Å². The second-order valence-corrected chi connectivity index (χ2v) is 6.52. The van der Waals surface area contributed by atoms with Gasteiger partial charge in [-0.05, 0) is 31.3 Å². The predicted octanol–water partition coefficient (Wildman–Crippen LogP) is 5.54. The van der Waals surface area contributed by atoms with Crippen molar-refractivity contribution in [3.63, 3.8) is 0 Å². The zero-order chi connectivity index (χ0) is 13.8. The van der Waals surface area contributed by atoms with E-state index in [2.05, 4.69) is 19.2 Å². The molecule has 0 saturated heterocycles. The molecule has 1 nitrogen and oxygen atoms in total. The van der Waals surface area contributed by atoms with E-state index in [0.29, 0.717) is 0 Å². The van der Waals surface area contributed by atoms with Gasteiger partial charge in [-0.1, -0.05) is 84.5 Å². The van der Waals surface area contributed by atoms with Crippen molar-refractivity contribution in [3.8, 4) is 0 Å². The third-order valence-corrected chi connectivity index (χ3v) is 4.90. The molecule has 0 aliphatic heterocycles. The van der Waals surface area contributed by atoms with Crippen molar-refractivity contribution in [3.05, 3.63) is 0 Å². The fraction of sp³-hybridized carbons (Fsp3) is 1.00. The van der Waals surface area contributed by atoms with Crippen molar-refractivity contribution in [1.82, 2.24) is 5.32 Å². The Morgan fingerprint density at radius 2 is 1.42 bits per heavy atom. The highest BCUT2D eigenvalue weighted by Gasteiger charge is 2.25. The van der Waals surface area contributed by atoms with Gasteiger partial charge in [-0.25, -0.2) is 0 Å². The first kappa shape index (κ1) is 17.0. The average Bonchev–Trinajstić information content (AvgIpc) is 2.87. The average molecular weight is 268 g/mol. The van der Waals surface area contributed by atoms with Crippen LogP contribution >= 0.6 is 0 Å². The van der Waals surface area contributed by atoms with Crippen molar-refractivity contribution in [1.29, 1.82) is 0 Å². The van der Waals surface area contributed by atoms with E-state index in [1.165, 1.54) is 83.6 Å². The molecule has 0 heterocycles. The maximum Gasteiger partial charge on any atom is -0.00180 e. The molecule has 0 aromatic heterocycles. The summed E-state index contributed by atoms with van der Waals surface area (Å²) in [5.74, 6) is 2.03. The molecular weight excluding hydrogens is 230 g/mol. The van der Waals surface area contributed by atoms with Crippen LogP contribution in [0.5, 0.6) is 0 Å². The summed E-state index contributed by atoms with van der Waals surface area (Å²) in [6, 6.07) is 0. The van der Waals surface area contributed by atoms with E-state index in [-0.39, 0.29) is 0 Å². The van der Waals surface area contributed by atoms with Crippen LogP contribution in [0.25, 0.3) is 0 Å². The van der Waals surface area contributed by atoms with Crippen LogP contribution in [0.2, 0.25) is 0 Å². The van der Waals surface area contributed by atoms with Crippen LogP contribution < -0.4 is 5.32 Å². The van der Waals surface area contributed by atoms with Gasteiger partial charge in [0.25, 0.3) is 0 Å². The largest absolute Gasteiger partial charge is 0.317 e. The van der Waals surface area contributed by atoms with E-state index in [4.69, 9.17) is 0 Å². The SMILES string of the molecule is CCCCCCCCCCC1CCCC1CNCC. The second-order valence-electron chi connectivity index (χ2n) is 6.52. The molecule has 0 aromatic rings. The summed E-state index contributed by atoms with van der Waals surface area (Å²) in [4.78, 5) is 0. The summed E-state index contributed by atoms with van der Waals surface area (Å²) < 4.78 is 0. The van der Waals surface area contributed by atoms with E-state index < -0.39 is 0 Å². The fourth-order valence-electron chi connectivity index (χ4n) is 3.63. The summed E-state index contributed by atoms with van der Waals surface area (Å²) >= 11 is 0. The second kappa shape index (κ2) is 11.8. The topological polar surface area (TPSA) is 12.0 Å². The van der Waals surface area contributed by atoms with Crippen LogP contribution in [0.15, 0.2) is 0 Å². The summed E-state index contributed by atoms with van der Waals surface area (Å²) in [5.41, 5.74) is 0. The zero-order valence-electron chi connectivity index (χ0n) is 13.6. The van der Waals surface area contributed by atoms with E-state index >= 15 is 0 Å². The number of hydrogen-bond acceptors (Lipinski definition) is 1. The van der Waals surface area contributed by atoms with Crippen LogP contribution in [-0.2, 0) is 0 Å². The first-order valence-corrected chi connectivity index (χ1v) is 9.09. The fourth-order valence-corrected chi connectivity index (χ4v) is 3.63. The van der Waals surface area contributed by atoms with Gasteiger partial charge < -0.3 is 5.32 Å². The molecule has 0 bridgehead atoms. The lowest BCUT2D eigenvalue weighted by atomic mass is 9.90. The summed E-state index contributed by atoms with van der Waals surface area (Å²) in [6.07, 6.45) is 17.6. The molecule has 1 rings (SSSR count). The van der Waals surface area contributed by atoms with E-state index in [1.54, 1.807) is 0 Å². The normalized spacial score (nSPS) is 23.1. The third kappa shape index (κ3) is 7.97. The minimum atomic E-state index is 0.990. The Morgan fingerprint density at radius 1 is 0.789 bits per heavy atom. The van der Waals surface area contributed by atoms with Crippen LogP contribution in [0, 0.1) is 11.8 Å². The molecule has 1 aliphatic rings. The van der Waals surface area contributed by atoms with Crippen LogP contribution in [-0.4, -0.2) is 13.1 Å². The van der Waals surface area contributed by atoms with Gasteiger partial charge in [0.1, 0.15) is 0 Å². The predicted molar refractivity (Wildman–Crippen MR) is 86.6 cm³/mol. The minimum absolute atomic E-state index is 0.990. The van der Waals surface area contributed by atoms with Gasteiger partial charge in [0, 0.05) is 0 Å². The van der Waals surface area contributed by atoms with Gasteiger partial charge in [-0.3, -0.25) is 0 Å². The van der Waals surface area contributed by atoms with Gasteiger partial charge in [-0.2, -0.15) is 0 Å². The summed E-state index contributed by atoms with van der Waals surface area (Å²) in [5, 5.41) is 3.55. The number of unbranched alkanes of at least 4 members (excludes halogenated alkanes) is 7. The van der Waals surface area contributed by atoms with Crippen molar-refractivity contribution < 1.29 is 0 Å².